The second kappa shape index (κ2) is 2.83. The fourth-order valence-electron chi connectivity index (χ4n) is 1.36. The Morgan fingerprint density at radius 2 is 2.08 bits per heavy atom. The van der Waals surface area contributed by atoms with Gasteiger partial charge in [-0.25, -0.2) is 0 Å². The standard InChI is InChI=1S/C10H13N3/c1-7(2)9-6-8-4-5-13(3)10(8)12-11-9/h4-7H,1-3H3. The molecule has 0 aliphatic rings. The predicted octanol–water partition coefficient (Wildman–Crippen LogP) is 2.09. The zero-order chi connectivity index (χ0) is 9.42. The van der Waals surface area contributed by atoms with Gasteiger partial charge >= 0.3 is 0 Å². The molecule has 0 unspecified atom stereocenters. The van der Waals surface area contributed by atoms with Crippen LogP contribution in [0.1, 0.15) is 25.5 Å². The minimum atomic E-state index is 0.442. The Balaban J connectivity index is 2.63. The highest BCUT2D eigenvalue weighted by Gasteiger charge is 2.05. The fourth-order valence-corrected chi connectivity index (χ4v) is 1.36. The van der Waals surface area contributed by atoms with Crippen LogP contribution in [-0.2, 0) is 7.05 Å². The average molecular weight is 175 g/mol. The van der Waals surface area contributed by atoms with Crippen molar-refractivity contribution in [2.45, 2.75) is 19.8 Å². The minimum Gasteiger partial charge on any atom is -0.334 e. The normalized spacial score (nSPS) is 11.4. The monoisotopic (exact) mass is 175 g/mol. The zero-order valence-electron chi connectivity index (χ0n) is 8.15. The molecule has 2 heterocycles. The van der Waals surface area contributed by atoms with Gasteiger partial charge in [-0.3, -0.25) is 0 Å². The van der Waals surface area contributed by atoms with Gasteiger partial charge in [0.1, 0.15) is 0 Å². The highest BCUT2D eigenvalue weighted by atomic mass is 15.2. The largest absolute Gasteiger partial charge is 0.334 e. The number of nitrogens with zero attached hydrogens (tertiary/aromatic N) is 3. The van der Waals surface area contributed by atoms with E-state index in [1.807, 2.05) is 17.8 Å². The van der Waals surface area contributed by atoms with Crippen molar-refractivity contribution in [3.05, 3.63) is 24.0 Å². The van der Waals surface area contributed by atoms with Crippen LogP contribution in [0.3, 0.4) is 0 Å². The molecular weight excluding hydrogens is 162 g/mol. The maximum atomic E-state index is 4.17. The number of fused-ring (bicyclic) bond motifs is 1. The maximum absolute atomic E-state index is 4.17. The van der Waals surface area contributed by atoms with E-state index >= 15 is 0 Å². The van der Waals surface area contributed by atoms with Gasteiger partial charge in [0, 0.05) is 18.6 Å². The molecular formula is C10H13N3. The molecule has 0 aliphatic carbocycles. The van der Waals surface area contributed by atoms with Crippen LogP contribution in [0.25, 0.3) is 11.0 Å². The Morgan fingerprint density at radius 3 is 2.77 bits per heavy atom. The van der Waals surface area contributed by atoms with Crippen molar-refractivity contribution < 1.29 is 0 Å². The van der Waals surface area contributed by atoms with Crippen LogP contribution in [0.4, 0.5) is 0 Å². The lowest BCUT2D eigenvalue weighted by atomic mass is 10.1. The van der Waals surface area contributed by atoms with Crippen molar-refractivity contribution in [3.63, 3.8) is 0 Å². The summed E-state index contributed by atoms with van der Waals surface area (Å²) < 4.78 is 1.98. The number of aromatic nitrogens is 3. The van der Waals surface area contributed by atoms with Gasteiger partial charge in [0.15, 0.2) is 5.65 Å². The first-order chi connectivity index (χ1) is 6.18. The van der Waals surface area contributed by atoms with E-state index in [2.05, 4.69) is 36.2 Å². The Bertz CT molecular complexity index is 429. The number of aryl methyl sites for hydroxylation is 1. The maximum Gasteiger partial charge on any atom is 0.162 e. The van der Waals surface area contributed by atoms with Crippen LogP contribution in [-0.4, -0.2) is 14.8 Å². The summed E-state index contributed by atoms with van der Waals surface area (Å²) in [7, 11) is 1.98. The summed E-state index contributed by atoms with van der Waals surface area (Å²) in [6.45, 7) is 4.25. The van der Waals surface area contributed by atoms with Gasteiger partial charge in [0.25, 0.3) is 0 Å². The molecule has 68 valence electrons. The Morgan fingerprint density at radius 1 is 1.31 bits per heavy atom. The van der Waals surface area contributed by atoms with Gasteiger partial charge in [0.05, 0.1) is 5.69 Å². The van der Waals surface area contributed by atoms with E-state index < -0.39 is 0 Å². The molecule has 0 saturated heterocycles. The molecule has 3 nitrogen and oxygen atoms in total. The molecule has 0 fully saturated rings. The van der Waals surface area contributed by atoms with Crippen molar-refractivity contribution in [2.75, 3.05) is 0 Å². The first kappa shape index (κ1) is 8.23. The molecule has 13 heavy (non-hydrogen) atoms. The quantitative estimate of drug-likeness (QED) is 0.664. The average Bonchev–Trinajstić information content (AvgIpc) is 2.47. The first-order valence-electron chi connectivity index (χ1n) is 4.47. The van der Waals surface area contributed by atoms with Crippen LogP contribution in [0, 0.1) is 0 Å². The molecule has 0 aromatic carbocycles. The van der Waals surface area contributed by atoms with E-state index in [1.54, 1.807) is 0 Å². The first-order valence-corrected chi connectivity index (χ1v) is 4.47. The highest BCUT2D eigenvalue weighted by Crippen LogP contribution is 2.16. The third-order valence-corrected chi connectivity index (χ3v) is 2.23. The SMILES string of the molecule is CC(C)c1cc2ccn(C)c2nn1. The van der Waals surface area contributed by atoms with E-state index in [-0.39, 0.29) is 0 Å². The second-order valence-corrected chi connectivity index (χ2v) is 3.63. The Hall–Kier alpha value is -1.38. The van der Waals surface area contributed by atoms with Crippen LogP contribution in [0.15, 0.2) is 18.3 Å². The topological polar surface area (TPSA) is 30.7 Å². The fraction of sp³-hybridized carbons (Fsp3) is 0.400. The summed E-state index contributed by atoms with van der Waals surface area (Å²) in [5, 5.41) is 9.51. The Kier molecular flexibility index (Phi) is 1.79. The lowest BCUT2D eigenvalue weighted by molar-refractivity contribution is 0.787. The van der Waals surface area contributed by atoms with Crippen molar-refractivity contribution in [1.82, 2.24) is 14.8 Å². The molecule has 0 bridgehead atoms. The lowest BCUT2D eigenvalue weighted by Gasteiger charge is -2.02. The molecule has 3 heteroatoms. The van der Waals surface area contributed by atoms with Gasteiger partial charge in [-0.1, -0.05) is 13.8 Å². The van der Waals surface area contributed by atoms with E-state index in [0.29, 0.717) is 5.92 Å². The Labute approximate surface area is 77.4 Å². The van der Waals surface area contributed by atoms with Gasteiger partial charge in [-0.15, -0.1) is 5.10 Å². The summed E-state index contributed by atoms with van der Waals surface area (Å²) in [5.74, 6) is 0.442. The molecule has 0 N–H and O–H groups in total. The van der Waals surface area contributed by atoms with Crippen molar-refractivity contribution in [2.24, 2.45) is 7.05 Å². The van der Waals surface area contributed by atoms with Crippen molar-refractivity contribution in [1.29, 1.82) is 0 Å². The van der Waals surface area contributed by atoms with Crippen molar-refractivity contribution >= 4 is 11.0 Å². The third kappa shape index (κ3) is 1.30. The van der Waals surface area contributed by atoms with Crippen LogP contribution < -0.4 is 0 Å². The molecule has 2 rings (SSSR count). The van der Waals surface area contributed by atoms with Crippen molar-refractivity contribution in [3.8, 4) is 0 Å². The summed E-state index contributed by atoms with van der Waals surface area (Å²) in [6, 6.07) is 4.17. The number of hydrogen-bond acceptors (Lipinski definition) is 2. The molecule has 2 aromatic rings. The molecule has 0 amide bonds. The molecule has 0 spiro atoms. The summed E-state index contributed by atoms with van der Waals surface area (Å²) in [4.78, 5) is 0. The van der Waals surface area contributed by atoms with Gasteiger partial charge in [0.2, 0.25) is 0 Å². The van der Waals surface area contributed by atoms with Crippen LogP contribution in [0.2, 0.25) is 0 Å². The van der Waals surface area contributed by atoms with Gasteiger partial charge in [-0.2, -0.15) is 5.10 Å². The summed E-state index contributed by atoms with van der Waals surface area (Å²) in [5.41, 5.74) is 2.00. The molecule has 0 aliphatic heterocycles. The number of hydrogen-bond donors (Lipinski definition) is 0. The lowest BCUT2D eigenvalue weighted by Crippen LogP contribution is -1.96. The molecule has 0 saturated carbocycles. The van der Waals surface area contributed by atoms with Gasteiger partial charge in [-0.05, 0) is 18.1 Å². The van der Waals surface area contributed by atoms with Crippen LogP contribution in [0.5, 0.6) is 0 Å². The third-order valence-electron chi connectivity index (χ3n) is 2.23. The molecule has 2 aromatic heterocycles. The highest BCUT2D eigenvalue weighted by molar-refractivity contribution is 5.75. The van der Waals surface area contributed by atoms with E-state index in [1.165, 1.54) is 5.39 Å². The van der Waals surface area contributed by atoms with E-state index in [0.717, 1.165) is 11.3 Å². The number of rotatable bonds is 1. The minimum absolute atomic E-state index is 0.442. The molecule has 0 radical (unpaired) electrons. The smallest absolute Gasteiger partial charge is 0.162 e. The second-order valence-electron chi connectivity index (χ2n) is 3.63. The van der Waals surface area contributed by atoms with Gasteiger partial charge < -0.3 is 4.57 Å². The van der Waals surface area contributed by atoms with E-state index in [9.17, 15) is 0 Å². The van der Waals surface area contributed by atoms with Crippen LogP contribution >= 0.6 is 0 Å². The summed E-state index contributed by atoms with van der Waals surface area (Å²) >= 11 is 0. The molecule has 0 atom stereocenters. The predicted molar refractivity (Wildman–Crippen MR) is 52.6 cm³/mol. The van der Waals surface area contributed by atoms with E-state index in [4.69, 9.17) is 0 Å². The summed E-state index contributed by atoms with van der Waals surface area (Å²) in [6.07, 6.45) is 2.00. The zero-order valence-corrected chi connectivity index (χ0v) is 8.15.